The normalized spacial score (nSPS) is 15.2. The SMILES string of the molecule is C1=NCCN1Cc1cccc2cocc12.C1=NCCN1Cc1cccc2cocc12.C1=NCCN1Cc1occ2ccccc12.COc1c(CC2=NCCN2)ccc2occc12.Cc1ccc2ccoc2c1CC1=NCCN1. The second-order valence-corrected chi connectivity index (χ2v) is 19.5. The van der Waals surface area contributed by atoms with Gasteiger partial charge in [-0.25, -0.2) is 0 Å². The average molecular weight is 1050 g/mol. The predicted octanol–water partition coefficient (Wildman–Crippen LogP) is 11.1. The fourth-order valence-corrected chi connectivity index (χ4v) is 10.1. The average Bonchev–Trinajstić information content (AvgIpc) is 4.29. The molecule has 0 fully saturated rings. The number of fused-ring (bicyclic) bond motifs is 5. The number of hydrogen-bond donors (Lipinski definition) is 2. The fourth-order valence-electron chi connectivity index (χ4n) is 10.1. The summed E-state index contributed by atoms with van der Waals surface area (Å²) >= 11 is 0. The Morgan fingerprint density at radius 2 is 1.10 bits per heavy atom. The third-order valence-corrected chi connectivity index (χ3v) is 14.2. The van der Waals surface area contributed by atoms with Crippen LogP contribution in [0.25, 0.3) is 54.3 Å². The molecular formula is C62H64N10O6. The molecule has 78 heavy (non-hydrogen) atoms. The maximum Gasteiger partial charge on any atom is 0.137 e. The summed E-state index contributed by atoms with van der Waals surface area (Å²) in [5.41, 5.74) is 8.09. The van der Waals surface area contributed by atoms with Gasteiger partial charge in [-0.2, -0.15) is 0 Å². The van der Waals surface area contributed by atoms with Crippen LogP contribution in [-0.2, 0) is 32.5 Å². The molecule has 10 aromatic rings. The van der Waals surface area contributed by atoms with E-state index >= 15 is 0 Å². The number of nitrogens with one attached hydrogen (secondary N) is 2. The molecule has 398 valence electrons. The van der Waals surface area contributed by atoms with Crippen molar-refractivity contribution < 1.29 is 26.8 Å². The summed E-state index contributed by atoms with van der Waals surface area (Å²) in [5, 5.41) is 15.9. The zero-order valence-corrected chi connectivity index (χ0v) is 44.1. The van der Waals surface area contributed by atoms with E-state index in [-0.39, 0.29) is 0 Å². The Kier molecular flexibility index (Phi) is 16.2. The number of benzene rings is 5. The van der Waals surface area contributed by atoms with Crippen molar-refractivity contribution in [2.45, 2.75) is 39.4 Å². The van der Waals surface area contributed by atoms with Gasteiger partial charge in [-0.3, -0.25) is 25.0 Å². The molecule has 0 unspecified atom stereocenters. The summed E-state index contributed by atoms with van der Waals surface area (Å²) in [5.74, 6) is 4.02. The minimum atomic E-state index is 0.782. The van der Waals surface area contributed by atoms with Crippen molar-refractivity contribution in [1.29, 1.82) is 0 Å². The number of rotatable bonds is 11. The third-order valence-electron chi connectivity index (χ3n) is 14.2. The van der Waals surface area contributed by atoms with Gasteiger partial charge >= 0.3 is 0 Å². The van der Waals surface area contributed by atoms with Crippen molar-refractivity contribution in [3.8, 4) is 5.75 Å². The van der Waals surface area contributed by atoms with Gasteiger partial charge in [0.15, 0.2) is 0 Å². The van der Waals surface area contributed by atoms with Crippen LogP contribution in [0.15, 0.2) is 188 Å². The number of amidine groups is 2. The first-order valence-corrected chi connectivity index (χ1v) is 26.6. The van der Waals surface area contributed by atoms with E-state index in [0.717, 1.165) is 143 Å². The van der Waals surface area contributed by atoms with Crippen molar-refractivity contribution in [1.82, 2.24) is 25.3 Å². The van der Waals surface area contributed by atoms with Crippen LogP contribution in [0.5, 0.6) is 5.75 Å². The van der Waals surface area contributed by atoms with Crippen molar-refractivity contribution >= 4 is 84.9 Å². The lowest BCUT2D eigenvalue weighted by molar-refractivity contribution is 0.395. The quantitative estimate of drug-likeness (QED) is 0.126. The molecule has 0 saturated carbocycles. The van der Waals surface area contributed by atoms with E-state index < -0.39 is 0 Å². The maximum atomic E-state index is 5.57. The Bertz CT molecular complexity index is 3660. The van der Waals surface area contributed by atoms with Crippen LogP contribution >= 0.6 is 0 Å². The number of furan rings is 5. The van der Waals surface area contributed by atoms with Crippen LogP contribution in [0.4, 0.5) is 0 Å². The molecule has 0 saturated heterocycles. The summed E-state index contributed by atoms with van der Waals surface area (Å²) in [7, 11) is 1.69. The van der Waals surface area contributed by atoms with Crippen LogP contribution in [0.3, 0.4) is 0 Å². The van der Waals surface area contributed by atoms with Gasteiger partial charge in [0.05, 0.1) is 115 Å². The Hall–Kier alpha value is -9.05. The molecule has 0 atom stereocenters. The first-order chi connectivity index (χ1) is 38.5. The molecule has 5 aromatic heterocycles. The summed E-state index contributed by atoms with van der Waals surface area (Å²) in [6.45, 7) is 14.2. The molecule has 5 aliphatic rings. The zero-order chi connectivity index (χ0) is 52.9. The second kappa shape index (κ2) is 24.7. The molecule has 2 N–H and O–H groups in total. The highest BCUT2D eigenvalue weighted by molar-refractivity contribution is 5.92. The summed E-state index contributed by atoms with van der Waals surface area (Å²) in [4.78, 5) is 28.0. The molecule has 15 rings (SSSR count). The number of methoxy groups -OCH3 is 1. The molecule has 16 nitrogen and oxygen atoms in total. The van der Waals surface area contributed by atoms with E-state index in [1.807, 2.05) is 74.2 Å². The first-order valence-electron chi connectivity index (χ1n) is 26.6. The summed E-state index contributed by atoms with van der Waals surface area (Å²) in [6.07, 6.45) is 19.8. The van der Waals surface area contributed by atoms with Gasteiger partial charge in [0.2, 0.25) is 0 Å². The van der Waals surface area contributed by atoms with Crippen LogP contribution < -0.4 is 15.4 Å². The van der Waals surface area contributed by atoms with Crippen LogP contribution in [0.2, 0.25) is 0 Å². The summed E-state index contributed by atoms with van der Waals surface area (Å²) in [6, 6.07) is 33.0. The molecule has 16 heteroatoms. The number of ether oxygens (including phenoxy) is 1. The van der Waals surface area contributed by atoms with Crippen molar-refractivity contribution in [2.75, 3.05) is 72.6 Å². The van der Waals surface area contributed by atoms with Gasteiger partial charge in [-0.15, -0.1) is 0 Å². The molecule has 0 aliphatic carbocycles. The van der Waals surface area contributed by atoms with Gasteiger partial charge in [-0.05, 0) is 41.8 Å². The Labute approximate surface area is 452 Å². The number of hydrogen-bond acceptors (Lipinski definition) is 16. The molecule has 0 spiro atoms. The highest BCUT2D eigenvalue weighted by atomic mass is 16.5. The lowest BCUT2D eigenvalue weighted by Gasteiger charge is -2.13. The lowest BCUT2D eigenvalue weighted by atomic mass is 10.0. The number of aliphatic imine (C=N–C) groups is 5. The standard InChI is InChI=1S/C13H14N2O2.C13H14N2O.3C12H12N2O/c1-16-13-9(8-12-14-5-6-15-12)2-3-11-10(13)4-7-17-11;1-9-2-3-10-4-7-16-13(10)11(9)8-12-14-5-6-15-12;2*1-2-10(6-14-5-4-13-9-14)12-8-15-7-11(12)3-1;1-2-4-11-10(3-1)8-15-12(11)7-14-6-5-13-9-14/h2-4,7H,5-6,8H2,1H3,(H,14,15);2-4,7H,5-6,8H2,1H3,(H,14,15);2*1-3,7-9H,4-6H2;1-4,8-9H,5-7H2. The molecule has 5 aromatic carbocycles. The first kappa shape index (κ1) is 51.1. The van der Waals surface area contributed by atoms with Gasteiger partial charge in [0.25, 0.3) is 0 Å². The summed E-state index contributed by atoms with van der Waals surface area (Å²) < 4.78 is 32.4. The second-order valence-electron chi connectivity index (χ2n) is 19.5. The van der Waals surface area contributed by atoms with E-state index in [0.29, 0.717) is 0 Å². The van der Waals surface area contributed by atoms with Crippen molar-refractivity contribution in [3.05, 3.63) is 174 Å². The van der Waals surface area contributed by atoms with Crippen molar-refractivity contribution in [2.24, 2.45) is 25.0 Å². The molecule has 10 heterocycles. The van der Waals surface area contributed by atoms with Gasteiger partial charge < -0.3 is 52.2 Å². The van der Waals surface area contributed by atoms with Crippen LogP contribution in [0.1, 0.15) is 33.6 Å². The van der Waals surface area contributed by atoms with Crippen LogP contribution in [-0.4, -0.2) is 118 Å². The third kappa shape index (κ3) is 12.3. The largest absolute Gasteiger partial charge is 0.496 e. The van der Waals surface area contributed by atoms with Gasteiger partial charge in [0.1, 0.15) is 34.3 Å². The molecule has 5 aliphatic heterocycles. The van der Waals surface area contributed by atoms with Gasteiger partial charge in [-0.1, -0.05) is 78.9 Å². The highest BCUT2D eigenvalue weighted by Crippen LogP contribution is 2.31. The van der Waals surface area contributed by atoms with E-state index in [9.17, 15) is 0 Å². The Morgan fingerprint density at radius 1 is 0.500 bits per heavy atom. The van der Waals surface area contributed by atoms with Crippen LogP contribution in [0, 0.1) is 6.92 Å². The Morgan fingerprint density at radius 3 is 1.72 bits per heavy atom. The molecule has 0 radical (unpaired) electrons. The van der Waals surface area contributed by atoms with E-state index in [4.69, 9.17) is 26.8 Å². The van der Waals surface area contributed by atoms with Crippen molar-refractivity contribution in [3.63, 3.8) is 0 Å². The number of nitrogens with zero attached hydrogens (tertiary/aromatic N) is 8. The van der Waals surface area contributed by atoms with E-state index in [2.05, 4.69) is 118 Å². The maximum absolute atomic E-state index is 5.57. The zero-order valence-electron chi connectivity index (χ0n) is 44.1. The fraction of sp³-hybridized carbons (Fsp3) is 0.274. The van der Waals surface area contributed by atoms with E-state index in [1.54, 1.807) is 32.2 Å². The van der Waals surface area contributed by atoms with E-state index in [1.165, 1.54) is 60.0 Å². The highest BCUT2D eigenvalue weighted by Gasteiger charge is 2.17. The molecule has 0 bridgehead atoms. The topological polar surface area (TPSA) is 171 Å². The minimum Gasteiger partial charge on any atom is -0.496 e. The van der Waals surface area contributed by atoms with Gasteiger partial charge in [0, 0.05) is 107 Å². The predicted molar refractivity (Wildman–Crippen MR) is 312 cm³/mol. The monoisotopic (exact) mass is 1040 g/mol. The number of aryl methyl sites for hydroxylation is 1. The smallest absolute Gasteiger partial charge is 0.137 e. The molecular weight excluding hydrogens is 981 g/mol. The lowest BCUT2D eigenvalue weighted by Crippen LogP contribution is -2.20. The minimum absolute atomic E-state index is 0.782. The molecule has 0 amide bonds. The Balaban J connectivity index is 0.000000103.